The van der Waals surface area contributed by atoms with Crippen molar-refractivity contribution < 1.29 is 28.5 Å². The largest absolute Gasteiger partial charge is 0.486 e. The molecule has 0 spiro atoms. The highest BCUT2D eigenvalue weighted by molar-refractivity contribution is 5.93. The molecule has 8 heteroatoms. The second-order valence-electron chi connectivity index (χ2n) is 8.67. The standard InChI is InChI=1S/C27H28N2O6/c30-26(9-3-18-1-7-22-24(15-18)34-13-11-32-22)28-17-21(20-5-6-20)29-27(31)10-4-19-2-8-23-25(16-19)35-14-12-33-23/h1-4,7-10,15-16,20-21H,5-6,11-14,17H2,(H,28,30)(H,29,31)/b9-3+,10-4+/t21-/m0/s1. The zero-order valence-electron chi connectivity index (χ0n) is 19.3. The Hall–Kier alpha value is -3.94. The lowest BCUT2D eigenvalue weighted by Gasteiger charge is -2.18. The molecule has 0 aromatic heterocycles. The summed E-state index contributed by atoms with van der Waals surface area (Å²) in [6.07, 6.45) is 8.55. The average molecular weight is 477 g/mol. The third-order valence-electron chi connectivity index (χ3n) is 6.00. The number of benzene rings is 2. The van der Waals surface area contributed by atoms with Crippen LogP contribution in [0, 0.1) is 5.92 Å². The predicted molar refractivity (Wildman–Crippen MR) is 131 cm³/mol. The van der Waals surface area contributed by atoms with E-state index >= 15 is 0 Å². The van der Waals surface area contributed by atoms with Gasteiger partial charge < -0.3 is 29.6 Å². The molecule has 1 atom stereocenters. The van der Waals surface area contributed by atoms with Gasteiger partial charge in [-0.2, -0.15) is 0 Å². The fourth-order valence-electron chi connectivity index (χ4n) is 4.01. The molecule has 5 rings (SSSR count). The molecule has 182 valence electrons. The van der Waals surface area contributed by atoms with E-state index < -0.39 is 0 Å². The molecule has 0 saturated heterocycles. The van der Waals surface area contributed by atoms with Crippen molar-refractivity contribution in [3.05, 3.63) is 59.7 Å². The van der Waals surface area contributed by atoms with Gasteiger partial charge in [-0.3, -0.25) is 9.59 Å². The van der Waals surface area contributed by atoms with Gasteiger partial charge in [0.25, 0.3) is 0 Å². The Morgan fingerprint density at radius 2 is 1.29 bits per heavy atom. The van der Waals surface area contributed by atoms with Gasteiger partial charge >= 0.3 is 0 Å². The van der Waals surface area contributed by atoms with Gasteiger partial charge in [0.15, 0.2) is 23.0 Å². The van der Waals surface area contributed by atoms with Gasteiger partial charge in [0, 0.05) is 24.7 Å². The second-order valence-corrected chi connectivity index (χ2v) is 8.67. The summed E-state index contributed by atoms with van der Waals surface area (Å²) in [4.78, 5) is 24.9. The third kappa shape index (κ3) is 6.15. The first-order valence-corrected chi connectivity index (χ1v) is 11.9. The van der Waals surface area contributed by atoms with Crippen molar-refractivity contribution >= 4 is 24.0 Å². The normalized spacial score (nSPS) is 17.3. The van der Waals surface area contributed by atoms with Gasteiger partial charge in [-0.15, -0.1) is 0 Å². The van der Waals surface area contributed by atoms with Gasteiger partial charge in [-0.1, -0.05) is 12.1 Å². The maximum absolute atomic E-state index is 12.5. The number of ether oxygens (including phenoxy) is 4. The Morgan fingerprint density at radius 1 is 0.771 bits per heavy atom. The van der Waals surface area contributed by atoms with Crippen molar-refractivity contribution in [3.8, 4) is 23.0 Å². The lowest BCUT2D eigenvalue weighted by molar-refractivity contribution is -0.119. The fraction of sp³-hybridized carbons (Fsp3) is 0.333. The molecule has 0 radical (unpaired) electrons. The van der Waals surface area contributed by atoms with Crippen molar-refractivity contribution in [3.63, 3.8) is 0 Å². The number of carbonyl (C=O) groups excluding carboxylic acids is 2. The van der Waals surface area contributed by atoms with E-state index in [4.69, 9.17) is 18.9 Å². The van der Waals surface area contributed by atoms with Crippen LogP contribution in [-0.4, -0.2) is 50.8 Å². The van der Waals surface area contributed by atoms with Crippen LogP contribution in [0.25, 0.3) is 12.2 Å². The molecular weight excluding hydrogens is 448 g/mol. The highest BCUT2D eigenvalue weighted by Crippen LogP contribution is 2.33. The first kappa shape index (κ1) is 22.8. The molecule has 3 aliphatic rings. The molecule has 2 amide bonds. The molecule has 2 heterocycles. The molecule has 0 unspecified atom stereocenters. The van der Waals surface area contributed by atoms with E-state index in [1.54, 1.807) is 12.2 Å². The van der Waals surface area contributed by atoms with Gasteiger partial charge in [-0.05, 0) is 66.3 Å². The summed E-state index contributed by atoms with van der Waals surface area (Å²) in [5.41, 5.74) is 1.70. The Kier molecular flexibility index (Phi) is 6.88. The van der Waals surface area contributed by atoms with Crippen LogP contribution in [0.15, 0.2) is 48.6 Å². The van der Waals surface area contributed by atoms with E-state index in [9.17, 15) is 9.59 Å². The number of hydrogen-bond acceptors (Lipinski definition) is 6. The molecule has 0 bridgehead atoms. The molecule has 1 saturated carbocycles. The molecule has 2 aromatic carbocycles. The number of amides is 2. The minimum Gasteiger partial charge on any atom is -0.486 e. The van der Waals surface area contributed by atoms with E-state index in [-0.39, 0.29) is 17.9 Å². The smallest absolute Gasteiger partial charge is 0.244 e. The maximum atomic E-state index is 12.5. The van der Waals surface area contributed by atoms with Crippen molar-refractivity contribution in [1.82, 2.24) is 10.6 Å². The van der Waals surface area contributed by atoms with Crippen LogP contribution in [0.4, 0.5) is 0 Å². The van der Waals surface area contributed by atoms with Crippen molar-refractivity contribution in [2.24, 2.45) is 5.92 Å². The van der Waals surface area contributed by atoms with Gasteiger partial charge in [-0.25, -0.2) is 0 Å². The van der Waals surface area contributed by atoms with E-state index in [0.29, 0.717) is 61.9 Å². The Labute approximate surface area is 203 Å². The number of hydrogen-bond donors (Lipinski definition) is 2. The van der Waals surface area contributed by atoms with Crippen molar-refractivity contribution in [1.29, 1.82) is 0 Å². The molecular formula is C27H28N2O6. The number of nitrogens with one attached hydrogen (secondary N) is 2. The van der Waals surface area contributed by atoms with Crippen molar-refractivity contribution in [2.75, 3.05) is 33.0 Å². The summed E-state index contributed by atoms with van der Waals surface area (Å²) >= 11 is 0. The minimum absolute atomic E-state index is 0.112. The molecule has 2 aromatic rings. The Morgan fingerprint density at radius 3 is 1.83 bits per heavy atom. The predicted octanol–water partition coefficient (Wildman–Crippen LogP) is 2.97. The lowest BCUT2D eigenvalue weighted by Crippen LogP contribution is -2.44. The lowest BCUT2D eigenvalue weighted by atomic mass is 10.1. The summed E-state index contributed by atoms with van der Waals surface area (Å²) in [5.74, 6) is 2.75. The molecule has 35 heavy (non-hydrogen) atoms. The van der Waals surface area contributed by atoms with Crippen LogP contribution in [-0.2, 0) is 9.59 Å². The van der Waals surface area contributed by atoms with Gasteiger partial charge in [0.2, 0.25) is 11.8 Å². The zero-order valence-corrected chi connectivity index (χ0v) is 19.3. The van der Waals surface area contributed by atoms with Crippen molar-refractivity contribution in [2.45, 2.75) is 18.9 Å². The van der Waals surface area contributed by atoms with Crippen LogP contribution in [0.2, 0.25) is 0 Å². The molecule has 1 aliphatic carbocycles. The summed E-state index contributed by atoms with van der Waals surface area (Å²) in [7, 11) is 0. The fourth-order valence-corrected chi connectivity index (χ4v) is 4.01. The number of rotatable bonds is 8. The highest BCUT2D eigenvalue weighted by atomic mass is 16.6. The van der Waals surface area contributed by atoms with Crippen LogP contribution in [0.3, 0.4) is 0 Å². The SMILES string of the molecule is O=C(/C=C/c1ccc2c(c1)OCCO2)NC[C@H](NC(=O)/C=C/c1ccc2c(c1)OCCO2)C1CC1. The van der Waals surface area contributed by atoms with Gasteiger partial charge in [0.1, 0.15) is 26.4 Å². The van der Waals surface area contributed by atoms with E-state index in [0.717, 1.165) is 24.0 Å². The summed E-state index contributed by atoms with van der Waals surface area (Å²) < 4.78 is 22.2. The summed E-state index contributed by atoms with van der Waals surface area (Å²) in [6.45, 7) is 2.48. The number of fused-ring (bicyclic) bond motifs is 2. The monoisotopic (exact) mass is 476 g/mol. The minimum atomic E-state index is -0.216. The maximum Gasteiger partial charge on any atom is 0.244 e. The van der Waals surface area contributed by atoms with E-state index in [1.807, 2.05) is 36.4 Å². The van der Waals surface area contributed by atoms with Crippen LogP contribution in [0.5, 0.6) is 23.0 Å². The summed E-state index contributed by atoms with van der Waals surface area (Å²) in [6, 6.07) is 11.0. The highest BCUT2D eigenvalue weighted by Gasteiger charge is 2.32. The third-order valence-corrected chi connectivity index (χ3v) is 6.00. The molecule has 1 fully saturated rings. The number of carbonyl (C=O) groups is 2. The first-order valence-electron chi connectivity index (χ1n) is 11.9. The quantitative estimate of drug-likeness (QED) is 0.569. The van der Waals surface area contributed by atoms with Gasteiger partial charge in [0.05, 0.1) is 0 Å². The molecule has 8 nitrogen and oxygen atoms in total. The Balaban J connectivity index is 1.12. The van der Waals surface area contributed by atoms with Crippen LogP contribution >= 0.6 is 0 Å². The molecule has 2 aliphatic heterocycles. The Bertz CT molecular complexity index is 1150. The van der Waals surface area contributed by atoms with Crippen LogP contribution < -0.4 is 29.6 Å². The molecule has 2 N–H and O–H groups in total. The van der Waals surface area contributed by atoms with Crippen LogP contribution in [0.1, 0.15) is 24.0 Å². The first-order chi connectivity index (χ1) is 17.1. The second kappa shape index (κ2) is 10.5. The average Bonchev–Trinajstić information content (AvgIpc) is 3.74. The zero-order chi connectivity index (χ0) is 24.0. The summed E-state index contributed by atoms with van der Waals surface area (Å²) in [5, 5.41) is 5.92. The van der Waals surface area contributed by atoms with E-state index in [2.05, 4.69) is 10.6 Å². The topological polar surface area (TPSA) is 95.1 Å². The van der Waals surface area contributed by atoms with E-state index in [1.165, 1.54) is 12.2 Å².